The van der Waals surface area contributed by atoms with Crippen LogP contribution in [0.5, 0.6) is 0 Å². The van der Waals surface area contributed by atoms with Gasteiger partial charge in [0.1, 0.15) is 11.2 Å². The SMILES string of the molecule is CC(C)NC(=O)C(C)Nc1nc(Cl)cs1. The van der Waals surface area contributed by atoms with Crippen molar-refractivity contribution in [1.29, 1.82) is 0 Å². The Hall–Kier alpha value is -0.810. The average molecular weight is 248 g/mol. The molecule has 1 rings (SSSR count). The average Bonchev–Trinajstić information content (AvgIpc) is 2.50. The smallest absolute Gasteiger partial charge is 0.242 e. The summed E-state index contributed by atoms with van der Waals surface area (Å²) in [6, 6.07) is -0.170. The van der Waals surface area contributed by atoms with Crippen LogP contribution in [0.2, 0.25) is 5.15 Å². The Balaban J connectivity index is 2.48. The van der Waals surface area contributed by atoms with Gasteiger partial charge in [-0.2, -0.15) is 0 Å². The maximum atomic E-state index is 11.5. The van der Waals surface area contributed by atoms with Gasteiger partial charge in [0, 0.05) is 11.4 Å². The predicted molar refractivity (Wildman–Crippen MR) is 63.5 cm³/mol. The first-order chi connectivity index (χ1) is 6.99. The second kappa shape index (κ2) is 5.32. The van der Waals surface area contributed by atoms with Gasteiger partial charge in [-0.05, 0) is 20.8 Å². The number of amides is 1. The van der Waals surface area contributed by atoms with Crippen LogP contribution in [0, 0.1) is 0 Å². The molecule has 0 aliphatic carbocycles. The van der Waals surface area contributed by atoms with Crippen LogP contribution < -0.4 is 10.6 Å². The zero-order valence-corrected chi connectivity index (χ0v) is 10.4. The first-order valence-electron chi connectivity index (χ1n) is 4.67. The van der Waals surface area contributed by atoms with Crippen molar-refractivity contribution in [3.05, 3.63) is 10.5 Å². The van der Waals surface area contributed by atoms with Crippen LogP contribution in [0.4, 0.5) is 5.13 Å². The summed E-state index contributed by atoms with van der Waals surface area (Å²) in [4.78, 5) is 15.5. The van der Waals surface area contributed by atoms with Crippen LogP contribution in [0.15, 0.2) is 5.38 Å². The van der Waals surface area contributed by atoms with Gasteiger partial charge in [0.2, 0.25) is 5.91 Å². The van der Waals surface area contributed by atoms with Gasteiger partial charge in [-0.15, -0.1) is 11.3 Å². The molecule has 1 aromatic heterocycles. The molecule has 0 aliphatic rings. The number of hydrogen-bond acceptors (Lipinski definition) is 4. The minimum absolute atomic E-state index is 0.0451. The topological polar surface area (TPSA) is 54.0 Å². The Labute approximate surface area is 98.0 Å². The molecular formula is C9H14ClN3OS. The van der Waals surface area contributed by atoms with Crippen molar-refractivity contribution in [2.24, 2.45) is 0 Å². The Morgan fingerprint density at radius 1 is 1.53 bits per heavy atom. The molecule has 1 aromatic rings. The molecule has 0 spiro atoms. The quantitative estimate of drug-likeness (QED) is 0.857. The second-order valence-electron chi connectivity index (χ2n) is 3.50. The maximum absolute atomic E-state index is 11.5. The zero-order chi connectivity index (χ0) is 11.4. The van der Waals surface area contributed by atoms with Crippen LogP contribution in [0.1, 0.15) is 20.8 Å². The molecule has 1 atom stereocenters. The number of rotatable bonds is 4. The van der Waals surface area contributed by atoms with Crippen LogP contribution in [0.3, 0.4) is 0 Å². The summed E-state index contributed by atoms with van der Waals surface area (Å²) in [7, 11) is 0. The minimum atomic E-state index is -0.311. The third kappa shape index (κ3) is 4.05. The highest BCUT2D eigenvalue weighted by Crippen LogP contribution is 2.19. The molecule has 4 nitrogen and oxygen atoms in total. The molecular weight excluding hydrogens is 234 g/mol. The Kier molecular flexibility index (Phi) is 4.35. The van der Waals surface area contributed by atoms with Gasteiger partial charge < -0.3 is 10.6 Å². The van der Waals surface area contributed by atoms with Crippen molar-refractivity contribution in [3.8, 4) is 0 Å². The zero-order valence-electron chi connectivity index (χ0n) is 8.87. The van der Waals surface area contributed by atoms with Crippen molar-refractivity contribution < 1.29 is 4.79 Å². The fourth-order valence-electron chi connectivity index (χ4n) is 0.981. The molecule has 0 saturated heterocycles. The lowest BCUT2D eigenvalue weighted by atomic mass is 10.3. The molecule has 0 aliphatic heterocycles. The van der Waals surface area contributed by atoms with Crippen LogP contribution in [-0.2, 0) is 4.79 Å². The standard InChI is InChI=1S/C9H14ClN3OS/c1-5(2)11-8(14)6(3)12-9-13-7(10)4-15-9/h4-6H,1-3H3,(H,11,14)(H,12,13). The van der Waals surface area contributed by atoms with Gasteiger partial charge in [-0.3, -0.25) is 4.79 Å². The predicted octanol–water partition coefficient (Wildman–Crippen LogP) is 2.12. The van der Waals surface area contributed by atoms with E-state index in [1.54, 1.807) is 12.3 Å². The first-order valence-corrected chi connectivity index (χ1v) is 5.92. The number of nitrogens with one attached hydrogen (secondary N) is 2. The molecule has 15 heavy (non-hydrogen) atoms. The summed E-state index contributed by atoms with van der Waals surface area (Å²) < 4.78 is 0. The number of halogens is 1. The monoisotopic (exact) mass is 247 g/mol. The van der Waals surface area contributed by atoms with E-state index < -0.39 is 0 Å². The van der Waals surface area contributed by atoms with E-state index in [-0.39, 0.29) is 18.0 Å². The number of aromatic nitrogens is 1. The third-order valence-corrected chi connectivity index (χ3v) is 2.74. The Morgan fingerprint density at radius 3 is 2.67 bits per heavy atom. The highest BCUT2D eigenvalue weighted by molar-refractivity contribution is 7.14. The van der Waals surface area contributed by atoms with E-state index in [9.17, 15) is 4.79 Å². The van der Waals surface area contributed by atoms with Crippen LogP contribution in [-0.4, -0.2) is 23.0 Å². The summed E-state index contributed by atoms with van der Waals surface area (Å²) in [6.07, 6.45) is 0. The van der Waals surface area contributed by atoms with Gasteiger partial charge >= 0.3 is 0 Å². The highest BCUT2D eigenvalue weighted by Gasteiger charge is 2.14. The van der Waals surface area contributed by atoms with Crippen LogP contribution in [0.25, 0.3) is 0 Å². The van der Waals surface area contributed by atoms with Gasteiger partial charge in [-0.1, -0.05) is 11.6 Å². The third-order valence-electron chi connectivity index (χ3n) is 1.64. The Bertz CT molecular complexity index is 340. The van der Waals surface area contributed by atoms with E-state index in [2.05, 4.69) is 15.6 Å². The fraction of sp³-hybridized carbons (Fsp3) is 0.556. The van der Waals surface area contributed by atoms with Crippen molar-refractivity contribution in [2.75, 3.05) is 5.32 Å². The first kappa shape index (κ1) is 12.3. The van der Waals surface area contributed by atoms with E-state index in [0.717, 1.165) is 0 Å². The molecule has 0 fully saturated rings. The summed E-state index contributed by atoms with van der Waals surface area (Å²) >= 11 is 7.05. The van der Waals surface area contributed by atoms with E-state index in [1.165, 1.54) is 11.3 Å². The summed E-state index contributed by atoms with van der Waals surface area (Å²) in [6.45, 7) is 5.63. The van der Waals surface area contributed by atoms with Gasteiger partial charge in [0.15, 0.2) is 5.13 Å². The van der Waals surface area contributed by atoms with Gasteiger partial charge in [0.05, 0.1) is 0 Å². The molecule has 0 bridgehead atoms. The molecule has 0 aromatic carbocycles. The number of carbonyl (C=O) groups is 1. The number of carbonyl (C=O) groups excluding carboxylic acids is 1. The van der Waals surface area contributed by atoms with Crippen molar-refractivity contribution >= 4 is 34.0 Å². The lowest BCUT2D eigenvalue weighted by Crippen LogP contribution is -2.40. The summed E-state index contributed by atoms with van der Waals surface area (Å²) in [5, 5.41) is 8.61. The molecule has 1 heterocycles. The molecule has 1 amide bonds. The molecule has 6 heteroatoms. The van der Waals surface area contributed by atoms with Crippen molar-refractivity contribution in [1.82, 2.24) is 10.3 Å². The molecule has 1 unspecified atom stereocenters. The van der Waals surface area contributed by atoms with Gasteiger partial charge in [0.25, 0.3) is 0 Å². The Morgan fingerprint density at radius 2 is 2.20 bits per heavy atom. The van der Waals surface area contributed by atoms with Gasteiger partial charge in [-0.25, -0.2) is 4.98 Å². The summed E-state index contributed by atoms with van der Waals surface area (Å²) in [5.74, 6) is -0.0451. The number of hydrogen-bond donors (Lipinski definition) is 2. The molecule has 0 saturated carbocycles. The maximum Gasteiger partial charge on any atom is 0.242 e. The lowest BCUT2D eigenvalue weighted by molar-refractivity contribution is -0.122. The van der Waals surface area contributed by atoms with Crippen molar-refractivity contribution in [2.45, 2.75) is 32.9 Å². The van der Waals surface area contributed by atoms with Crippen molar-refractivity contribution in [3.63, 3.8) is 0 Å². The number of thiazole rings is 1. The summed E-state index contributed by atoms with van der Waals surface area (Å²) in [5.41, 5.74) is 0. The number of nitrogens with zero attached hydrogens (tertiary/aromatic N) is 1. The fourth-order valence-corrected chi connectivity index (χ4v) is 1.91. The molecule has 2 N–H and O–H groups in total. The van der Waals surface area contributed by atoms with Crippen LogP contribution >= 0.6 is 22.9 Å². The van der Waals surface area contributed by atoms with E-state index in [0.29, 0.717) is 10.3 Å². The number of anilines is 1. The largest absolute Gasteiger partial charge is 0.352 e. The van der Waals surface area contributed by atoms with E-state index >= 15 is 0 Å². The normalized spacial score (nSPS) is 12.6. The van der Waals surface area contributed by atoms with E-state index in [4.69, 9.17) is 11.6 Å². The minimum Gasteiger partial charge on any atom is -0.352 e. The second-order valence-corrected chi connectivity index (χ2v) is 4.75. The highest BCUT2D eigenvalue weighted by atomic mass is 35.5. The lowest BCUT2D eigenvalue weighted by Gasteiger charge is -2.15. The molecule has 0 radical (unpaired) electrons. The van der Waals surface area contributed by atoms with E-state index in [1.807, 2.05) is 13.8 Å². The molecule has 84 valence electrons.